The molecular weight excluding hydrogens is 202 g/mol. The first-order valence-electron chi connectivity index (χ1n) is 3.95. The van der Waals surface area contributed by atoms with E-state index in [1.165, 1.54) is 11.8 Å². The van der Waals surface area contributed by atoms with E-state index in [2.05, 4.69) is 20.2 Å². The van der Waals surface area contributed by atoms with E-state index in [1.807, 2.05) is 6.92 Å². The Kier molecular flexibility index (Phi) is 2.16. The third kappa shape index (κ3) is 1.72. The SMILES string of the molecule is Cc1nc(Sc2nnc(C)o2)c(N)[nH]1. The molecule has 0 saturated carbocycles. The smallest absolute Gasteiger partial charge is 0.283 e. The van der Waals surface area contributed by atoms with Crippen molar-refractivity contribution in [2.45, 2.75) is 24.1 Å². The number of aromatic amines is 1. The molecule has 74 valence electrons. The molecular formula is C7H9N5OS. The van der Waals surface area contributed by atoms with Crippen LogP contribution < -0.4 is 5.73 Å². The summed E-state index contributed by atoms with van der Waals surface area (Å²) in [5.41, 5.74) is 5.67. The van der Waals surface area contributed by atoms with Crippen molar-refractivity contribution in [1.82, 2.24) is 20.2 Å². The molecule has 2 aromatic heterocycles. The molecule has 0 aliphatic carbocycles. The van der Waals surface area contributed by atoms with Gasteiger partial charge in [0.1, 0.15) is 16.7 Å². The van der Waals surface area contributed by atoms with E-state index in [0.717, 1.165) is 5.82 Å². The third-order valence-electron chi connectivity index (χ3n) is 1.51. The van der Waals surface area contributed by atoms with Gasteiger partial charge in [-0.2, -0.15) is 0 Å². The van der Waals surface area contributed by atoms with E-state index < -0.39 is 0 Å². The Balaban J connectivity index is 2.22. The van der Waals surface area contributed by atoms with Crippen LogP contribution >= 0.6 is 11.8 Å². The molecule has 0 aromatic carbocycles. The van der Waals surface area contributed by atoms with Gasteiger partial charge in [0.15, 0.2) is 0 Å². The van der Waals surface area contributed by atoms with Crippen LogP contribution in [0.25, 0.3) is 0 Å². The Morgan fingerprint density at radius 3 is 2.64 bits per heavy atom. The Morgan fingerprint density at radius 1 is 1.36 bits per heavy atom. The lowest BCUT2D eigenvalue weighted by atomic mass is 10.8. The Morgan fingerprint density at radius 2 is 2.14 bits per heavy atom. The Hall–Kier alpha value is -1.50. The van der Waals surface area contributed by atoms with Crippen LogP contribution in [0, 0.1) is 13.8 Å². The minimum absolute atomic E-state index is 0.445. The van der Waals surface area contributed by atoms with Crippen molar-refractivity contribution in [2.75, 3.05) is 5.73 Å². The highest BCUT2D eigenvalue weighted by molar-refractivity contribution is 7.99. The summed E-state index contributed by atoms with van der Waals surface area (Å²) in [5, 5.41) is 8.63. The lowest BCUT2D eigenvalue weighted by Gasteiger charge is -1.90. The van der Waals surface area contributed by atoms with Gasteiger partial charge in [0.05, 0.1) is 0 Å². The largest absolute Gasteiger partial charge is 0.416 e. The van der Waals surface area contributed by atoms with Gasteiger partial charge in [0.25, 0.3) is 5.22 Å². The second-order valence-corrected chi connectivity index (χ2v) is 3.67. The van der Waals surface area contributed by atoms with Crippen molar-refractivity contribution in [3.63, 3.8) is 0 Å². The molecule has 0 fully saturated rings. The molecule has 2 rings (SSSR count). The molecule has 14 heavy (non-hydrogen) atoms. The number of H-pyrrole nitrogens is 1. The number of imidazole rings is 1. The number of aromatic nitrogens is 4. The summed E-state index contributed by atoms with van der Waals surface area (Å²) in [6.07, 6.45) is 0. The number of rotatable bonds is 2. The fourth-order valence-corrected chi connectivity index (χ4v) is 1.72. The van der Waals surface area contributed by atoms with Gasteiger partial charge in [-0.3, -0.25) is 0 Å². The number of hydrogen-bond donors (Lipinski definition) is 2. The van der Waals surface area contributed by atoms with E-state index in [1.54, 1.807) is 6.92 Å². The van der Waals surface area contributed by atoms with Crippen LogP contribution in [0.4, 0.5) is 5.82 Å². The third-order valence-corrected chi connectivity index (χ3v) is 2.35. The average Bonchev–Trinajstić information content (AvgIpc) is 2.61. The Labute approximate surface area is 84.3 Å². The van der Waals surface area contributed by atoms with Gasteiger partial charge in [-0.15, -0.1) is 10.2 Å². The van der Waals surface area contributed by atoms with E-state index in [0.29, 0.717) is 22.0 Å². The molecule has 2 heterocycles. The van der Waals surface area contributed by atoms with Crippen molar-refractivity contribution < 1.29 is 4.42 Å². The van der Waals surface area contributed by atoms with E-state index in [9.17, 15) is 0 Å². The highest BCUT2D eigenvalue weighted by Crippen LogP contribution is 2.28. The molecule has 0 aliphatic heterocycles. The maximum atomic E-state index is 5.67. The zero-order valence-electron chi connectivity index (χ0n) is 7.74. The minimum atomic E-state index is 0.445. The monoisotopic (exact) mass is 211 g/mol. The van der Waals surface area contributed by atoms with Crippen LogP contribution in [0.1, 0.15) is 11.7 Å². The van der Waals surface area contributed by atoms with Crippen molar-refractivity contribution in [3.05, 3.63) is 11.7 Å². The maximum absolute atomic E-state index is 5.67. The second-order valence-electron chi connectivity index (χ2n) is 2.73. The van der Waals surface area contributed by atoms with Gasteiger partial charge in [0.2, 0.25) is 5.89 Å². The number of nitrogens with two attached hydrogens (primary N) is 1. The molecule has 0 bridgehead atoms. The minimum Gasteiger partial charge on any atom is -0.416 e. The molecule has 2 aromatic rings. The molecule has 0 saturated heterocycles. The molecule has 0 atom stereocenters. The highest BCUT2D eigenvalue weighted by Gasteiger charge is 2.11. The van der Waals surface area contributed by atoms with Crippen LogP contribution in [0.2, 0.25) is 0 Å². The van der Waals surface area contributed by atoms with Crippen LogP contribution in [0.15, 0.2) is 14.7 Å². The van der Waals surface area contributed by atoms with Gasteiger partial charge in [-0.25, -0.2) is 4.98 Å². The lowest BCUT2D eigenvalue weighted by molar-refractivity contribution is 0.429. The number of nitrogens with zero attached hydrogens (tertiary/aromatic N) is 3. The standard InChI is InChI=1S/C7H9N5OS/c1-3-9-5(8)6(10-3)14-7-12-11-4(2)13-7/h8H2,1-2H3,(H,9,10). The van der Waals surface area contributed by atoms with Crippen molar-refractivity contribution >= 4 is 17.6 Å². The highest BCUT2D eigenvalue weighted by atomic mass is 32.2. The van der Waals surface area contributed by atoms with Crippen LogP contribution in [0.5, 0.6) is 0 Å². The zero-order valence-corrected chi connectivity index (χ0v) is 8.55. The summed E-state index contributed by atoms with van der Waals surface area (Å²) in [4.78, 5) is 7.06. The van der Waals surface area contributed by atoms with Crippen molar-refractivity contribution in [3.8, 4) is 0 Å². The Bertz CT molecular complexity index is 449. The molecule has 0 amide bonds. The van der Waals surface area contributed by atoms with Crippen molar-refractivity contribution in [1.29, 1.82) is 0 Å². The van der Waals surface area contributed by atoms with Gasteiger partial charge >= 0.3 is 0 Å². The number of aryl methyl sites for hydroxylation is 2. The maximum Gasteiger partial charge on any atom is 0.283 e. The zero-order chi connectivity index (χ0) is 10.1. The predicted molar refractivity (Wildman–Crippen MR) is 50.9 cm³/mol. The summed E-state index contributed by atoms with van der Waals surface area (Å²) in [5.74, 6) is 1.81. The van der Waals surface area contributed by atoms with Crippen LogP contribution in [0.3, 0.4) is 0 Å². The number of anilines is 1. The van der Waals surface area contributed by atoms with E-state index in [4.69, 9.17) is 10.2 Å². The molecule has 0 aliphatic rings. The summed E-state index contributed by atoms with van der Waals surface area (Å²) in [6, 6.07) is 0. The number of nitrogen functional groups attached to an aromatic ring is 1. The molecule has 0 radical (unpaired) electrons. The first-order chi connectivity index (χ1) is 6.65. The molecule has 3 N–H and O–H groups in total. The number of nitrogens with one attached hydrogen (secondary N) is 1. The van der Waals surface area contributed by atoms with Gasteiger partial charge < -0.3 is 15.1 Å². The molecule has 0 unspecified atom stereocenters. The summed E-state index contributed by atoms with van der Waals surface area (Å²) < 4.78 is 5.18. The van der Waals surface area contributed by atoms with Crippen molar-refractivity contribution in [2.24, 2.45) is 0 Å². The molecule has 7 heteroatoms. The topological polar surface area (TPSA) is 93.6 Å². The first kappa shape index (κ1) is 9.07. The van der Waals surface area contributed by atoms with E-state index in [-0.39, 0.29) is 0 Å². The molecule has 0 spiro atoms. The lowest BCUT2D eigenvalue weighted by Crippen LogP contribution is -1.86. The van der Waals surface area contributed by atoms with Gasteiger partial charge in [-0.1, -0.05) is 0 Å². The van der Waals surface area contributed by atoms with Gasteiger partial charge in [-0.05, 0) is 18.7 Å². The fraction of sp³-hybridized carbons (Fsp3) is 0.286. The van der Waals surface area contributed by atoms with E-state index >= 15 is 0 Å². The summed E-state index contributed by atoms with van der Waals surface area (Å²) in [6.45, 7) is 3.57. The number of hydrogen-bond acceptors (Lipinski definition) is 6. The quantitative estimate of drug-likeness (QED) is 0.773. The van der Waals surface area contributed by atoms with Crippen LogP contribution in [-0.4, -0.2) is 20.2 Å². The van der Waals surface area contributed by atoms with Crippen LogP contribution in [-0.2, 0) is 0 Å². The fourth-order valence-electron chi connectivity index (χ4n) is 0.969. The average molecular weight is 211 g/mol. The second kappa shape index (κ2) is 3.33. The van der Waals surface area contributed by atoms with Gasteiger partial charge in [0, 0.05) is 6.92 Å². The normalized spacial score (nSPS) is 10.7. The molecule has 6 nitrogen and oxygen atoms in total. The summed E-state index contributed by atoms with van der Waals surface area (Å²) >= 11 is 1.25. The summed E-state index contributed by atoms with van der Waals surface area (Å²) in [7, 11) is 0. The predicted octanol–water partition coefficient (Wildman–Crippen LogP) is 1.14. The first-order valence-corrected chi connectivity index (χ1v) is 4.77.